The van der Waals surface area contributed by atoms with Gasteiger partial charge in [-0.05, 0) is 63.0 Å². The second-order valence-electron chi connectivity index (χ2n) is 13.4. The van der Waals surface area contributed by atoms with E-state index >= 15 is 0 Å². The fourth-order valence-electron chi connectivity index (χ4n) is 7.39. The SMILES string of the molecule is N#CNC(=O)[C@@]12CC1/C=C/CCCCC[C@@H](NC(=O)OC1CCCC1)C(=O)N1C[C@H](OC(=O)N3Cc4cccc(F)c4C3)C[C@H]1C(=O)N2. The van der Waals surface area contributed by atoms with E-state index in [0.717, 1.165) is 44.9 Å². The number of allylic oxidation sites excluding steroid dienone is 1. The predicted molar refractivity (Wildman–Crippen MR) is 167 cm³/mol. The Hall–Kier alpha value is -4.67. The Kier molecular flexibility index (Phi) is 9.84. The zero-order valence-electron chi connectivity index (χ0n) is 26.8. The van der Waals surface area contributed by atoms with Crippen molar-refractivity contribution in [1.29, 1.82) is 5.26 Å². The maximum Gasteiger partial charge on any atom is 0.410 e. The summed E-state index contributed by atoms with van der Waals surface area (Å²) < 4.78 is 25.7. The topological polar surface area (TPSA) is 170 Å². The molecule has 3 fully saturated rings. The molecule has 3 heterocycles. The molecule has 0 bridgehead atoms. The van der Waals surface area contributed by atoms with Gasteiger partial charge in [0.05, 0.1) is 13.1 Å². The van der Waals surface area contributed by atoms with E-state index in [4.69, 9.17) is 14.7 Å². The van der Waals surface area contributed by atoms with Crippen LogP contribution in [0.3, 0.4) is 0 Å². The number of amides is 5. The Morgan fingerprint density at radius 3 is 2.58 bits per heavy atom. The van der Waals surface area contributed by atoms with Crippen LogP contribution in [0.1, 0.15) is 81.8 Å². The number of alkyl carbamates (subject to hydrolysis) is 1. The highest BCUT2D eigenvalue weighted by Gasteiger charge is 2.61. The predicted octanol–water partition coefficient (Wildman–Crippen LogP) is 3.28. The summed E-state index contributed by atoms with van der Waals surface area (Å²) in [7, 11) is 0. The fourth-order valence-corrected chi connectivity index (χ4v) is 7.39. The number of ether oxygens (including phenoxy) is 2. The first-order chi connectivity index (χ1) is 23.2. The molecule has 5 aliphatic rings. The summed E-state index contributed by atoms with van der Waals surface area (Å²) in [5.41, 5.74) is -0.273. The van der Waals surface area contributed by atoms with E-state index in [1.807, 2.05) is 12.2 Å². The zero-order chi connectivity index (χ0) is 33.8. The van der Waals surface area contributed by atoms with Crippen molar-refractivity contribution in [2.45, 2.75) is 114 Å². The van der Waals surface area contributed by atoms with E-state index in [0.29, 0.717) is 24.0 Å². The van der Waals surface area contributed by atoms with Gasteiger partial charge in [-0.1, -0.05) is 37.1 Å². The summed E-state index contributed by atoms with van der Waals surface area (Å²) in [6, 6.07) is 2.52. The molecule has 2 saturated carbocycles. The van der Waals surface area contributed by atoms with Gasteiger partial charge in [-0.15, -0.1) is 0 Å². The van der Waals surface area contributed by atoms with E-state index in [9.17, 15) is 28.4 Å². The van der Waals surface area contributed by atoms with Crippen molar-refractivity contribution < 1.29 is 37.8 Å². The lowest BCUT2D eigenvalue weighted by Gasteiger charge is -2.29. The van der Waals surface area contributed by atoms with E-state index in [1.165, 1.54) is 15.9 Å². The van der Waals surface area contributed by atoms with Crippen molar-refractivity contribution in [3.05, 3.63) is 47.3 Å². The highest BCUT2D eigenvalue weighted by Crippen LogP contribution is 2.45. The quantitative estimate of drug-likeness (QED) is 0.250. The van der Waals surface area contributed by atoms with Crippen LogP contribution in [-0.4, -0.2) is 76.1 Å². The minimum absolute atomic E-state index is 0.0284. The molecule has 1 saturated heterocycles. The number of hydrogen-bond donors (Lipinski definition) is 3. The van der Waals surface area contributed by atoms with Gasteiger partial charge in [0.2, 0.25) is 11.8 Å². The standard InChI is InChI=1S/C34H41FN6O7/c35-26-13-8-9-21-17-40(19-25(21)26)33(46)48-24-15-28-29(42)39-34(31(44)37-20-36)16-22(34)10-4-2-1-3-5-14-27(30(43)41(28)18-24)38-32(45)47-23-11-6-7-12-23/h4,8-10,13,22-24,27-28H,1-3,5-7,11-12,14-19H2,(H,37,44)(H,38,45)(H,39,42)/b10-4+/t22?,24-,27-,28+,34-/m1/s1. The molecular weight excluding hydrogens is 623 g/mol. The number of nitriles is 1. The number of fused-ring (bicyclic) bond motifs is 3. The minimum atomic E-state index is -1.36. The number of benzene rings is 1. The van der Waals surface area contributed by atoms with Crippen molar-refractivity contribution in [3.8, 4) is 6.19 Å². The number of hydrogen-bond acceptors (Lipinski definition) is 8. The number of nitrogens with one attached hydrogen (secondary N) is 3. The molecule has 0 radical (unpaired) electrons. The first-order valence-electron chi connectivity index (χ1n) is 16.9. The molecule has 13 nitrogen and oxygen atoms in total. The number of carbonyl (C=O) groups excluding carboxylic acids is 5. The molecule has 1 unspecified atom stereocenters. The van der Waals surface area contributed by atoms with Gasteiger partial charge in [0.1, 0.15) is 35.6 Å². The summed E-state index contributed by atoms with van der Waals surface area (Å²) in [4.78, 5) is 70.0. The third-order valence-electron chi connectivity index (χ3n) is 10.1. The van der Waals surface area contributed by atoms with Crippen molar-refractivity contribution in [3.63, 3.8) is 0 Å². The van der Waals surface area contributed by atoms with Gasteiger partial charge < -0.3 is 25.0 Å². The molecule has 2 aliphatic carbocycles. The highest BCUT2D eigenvalue weighted by molar-refractivity contribution is 5.99. The van der Waals surface area contributed by atoms with Gasteiger partial charge in [0.15, 0.2) is 6.19 Å². The largest absolute Gasteiger partial charge is 0.446 e. The summed E-state index contributed by atoms with van der Waals surface area (Å²) in [5.74, 6) is -2.56. The second-order valence-corrected chi connectivity index (χ2v) is 13.4. The van der Waals surface area contributed by atoms with Crippen LogP contribution in [0.2, 0.25) is 0 Å². The molecule has 0 aromatic heterocycles. The number of halogens is 1. The van der Waals surface area contributed by atoms with E-state index in [2.05, 4.69) is 16.0 Å². The lowest BCUT2D eigenvalue weighted by molar-refractivity contribution is -0.141. The molecular formula is C34H41FN6O7. The Bertz CT molecular complexity index is 1520. The number of carbonyl (C=O) groups is 5. The van der Waals surface area contributed by atoms with E-state index < -0.39 is 59.5 Å². The van der Waals surface area contributed by atoms with Crippen molar-refractivity contribution >= 4 is 29.9 Å². The van der Waals surface area contributed by atoms with Crippen LogP contribution in [0.4, 0.5) is 14.0 Å². The molecule has 6 rings (SSSR count). The number of nitrogens with zero attached hydrogens (tertiary/aromatic N) is 3. The Labute approximate surface area is 278 Å². The molecule has 14 heteroatoms. The normalized spacial score (nSPS) is 29.6. The van der Waals surface area contributed by atoms with Crippen LogP contribution in [0.15, 0.2) is 30.4 Å². The summed E-state index contributed by atoms with van der Waals surface area (Å²) in [6.45, 7) is 0.0563. The van der Waals surface area contributed by atoms with Crippen molar-refractivity contribution in [2.75, 3.05) is 6.54 Å². The van der Waals surface area contributed by atoms with Crippen LogP contribution >= 0.6 is 0 Å². The molecule has 5 atom stereocenters. The first kappa shape index (κ1) is 33.2. The van der Waals surface area contributed by atoms with Crippen LogP contribution < -0.4 is 16.0 Å². The van der Waals surface area contributed by atoms with Gasteiger partial charge in [0, 0.05) is 24.4 Å². The van der Waals surface area contributed by atoms with Crippen LogP contribution in [0.5, 0.6) is 0 Å². The molecule has 5 amide bonds. The maximum atomic E-state index is 14.3. The molecule has 1 aromatic carbocycles. The summed E-state index contributed by atoms with van der Waals surface area (Å²) >= 11 is 0. The van der Waals surface area contributed by atoms with Crippen LogP contribution in [0, 0.1) is 23.2 Å². The Balaban J connectivity index is 1.22. The maximum absolute atomic E-state index is 14.3. The first-order valence-corrected chi connectivity index (χ1v) is 16.9. The molecule has 3 aliphatic heterocycles. The molecule has 1 aromatic rings. The van der Waals surface area contributed by atoms with Crippen LogP contribution in [-0.2, 0) is 36.9 Å². The lowest BCUT2D eigenvalue weighted by atomic mass is 10.0. The van der Waals surface area contributed by atoms with Gasteiger partial charge in [0.25, 0.3) is 5.91 Å². The molecule has 48 heavy (non-hydrogen) atoms. The Morgan fingerprint density at radius 2 is 1.81 bits per heavy atom. The zero-order valence-corrected chi connectivity index (χ0v) is 26.8. The molecule has 3 N–H and O–H groups in total. The van der Waals surface area contributed by atoms with E-state index in [1.54, 1.807) is 18.3 Å². The fraction of sp³-hybridized carbons (Fsp3) is 0.588. The van der Waals surface area contributed by atoms with Gasteiger partial charge in [-0.25, -0.2) is 14.0 Å². The van der Waals surface area contributed by atoms with Crippen molar-refractivity contribution in [1.82, 2.24) is 25.8 Å². The number of rotatable bonds is 4. The average molecular weight is 665 g/mol. The van der Waals surface area contributed by atoms with E-state index in [-0.39, 0.29) is 44.5 Å². The summed E-state index contributed by atoms with van der Waals surface area (Å²) in [5, 5.41) is 16.8. The monoisotopic (exact) mass is 664 g/mol. The van der Waals surface area contributed by atoms with Crippen molar-refractivity contribution in [2.24, 2.45) is 5.92 Å². The third-order valence-corrected chi connectivity index (χ3v) is 10.1. The van der Waals surface area contributed by atoms with Gasteiger partial charge in [-0.2, -0.15) is 5.26 Å². The molecule has 256 valence electrons. The average Bonchev–Trinajstić information content (AvgIpc) is 3.49. The summed E-state index contributed by atoms with van der Waals surface area (Å²) in [6.07, 6.45) is 9.89. The smallest absolute Gasteiger partial charge is 0.410 e. The third kappa shape index (κ3) is 7.10. The van der Waals surface area contributed by atoms with Crippen LogP contribution in [0.25, 0.3) is 0 Å². The Morgan fingerprint density at radius 1 is 1.02 bits per heavy atom. The lowest BCUT2D eigenvalue weighted by Crippen LogP contribution is -2.57. The minimum Gasteiger partial charge on any atom is -0.446 e. The second kappa shape index (κ2) is 14.2. The van der Waals surface area contributed by atoms with Gasteiger partial charge in [-0.3, -0.25) is 24.6 Å². The highest BCUT2D eigenvalue weighted by atomic mass is 19.1. The molecule has 0 spiro atoms. The van der Waals surface area contributed by atoms with Gasteiger partial charge >= 0.3 is 12.2 Å².